The lowest BCUT2D eigenvalue weighted by Crippen LogP contribution is -2.09. The van der Waals surface area contributed by atoms with Crippen LogP contribution in [-0.2, 0) is 7.05 Å². The Morgan fingerprint density at radius 3 is 2.65 bits per heavy atom. The van der Waals surface area contributed by atoms with Gasteiger partial charge in [0.2, 0.25) is 0 Å². The number of pyridine rings is 1. The predicted octanol–water partition coefficient (Wildman–Crippen LogP) is 4.33. The highest BCUT2D eigenvalue weighted by atomic mass is 16.6. The van der Waals surface area contributed by atoms with Crippen molar-refractivity contribution in [3.63, 3.8) is 0 Å². The Labute approximate surface area is 178 Å². The van der Waals surface area contributed by atoms with E-state index in [4.69, 9.17) is 9.26 Å². The van der Waals surface area contributed by atoms with Crippen LogP contribution in [0.4, 0.5) is 11.4 Å². The number of nitrogens with zero attached hydrogens (tertiary/aromatic N) is 5. The number of benzene rings is 1. The van der Waals surface area contributed by atoms with Crippen molar-refractivity contribution in [2.45, 2.75) is 26.8 Å². The average Bonchev–Trinajstić information content (AvgIpc) is 3.32. The molecule has 0 radical (unpaired) electrons. The van der Waals surface area contributed by atoms with Crippen molar-refractivity contribution in [2.24, 2.45) is 7.05 Å². The van der Waals surface area contributed by atoms with Crippen molar-refractivity contribution in [3.8, 4) is 16.9 Å². The van der Waals surface area contributed by atoms with Crippen molar-refractivity contribution in [2.75, 3.05) is 12.4 Å². The Bertz CT molecular complexity index is 1270. The molecule has 0 saturated carbocycles. The molecule has 0 fully saturated rings. The Morgan fingerprint density at radius 1 is 1.29 bits per heavy atom. The summed E-state index contributed by atoms with van der Waals surface area (Å²) >= 11 is 0. The van der Waals surface area contributed by atoms with E-state index in [1.54, 1.807) is 24.1 Å². The molecule has 3 heterocycles. The van der Waals surface area contributed by atoms with Gasteiger partial charge in [-0.2, -0.15) is 5.10 Å². The van der Waals surface area contributed by atoms with E-state index in [1.165, 1.54) is 6.20 Å². The van der Waals surface area contributed by atoms with Crippen LogP contribution in [0.15, 0.2) is 35.2 Å². The Balaban J connectivity index is 1.91. The molecule has 4 rings (SSSR count). The van der Waals surface area contributed by atoms with Gasteiger partial charge in [-0.1, -0.05) is 5.16 Å². The number of hydrogen-bond donors (Lipinski definition) is 1. The minimum Gasteiger partial charge on any atom is -0.496 e. The number of aryl methyl sites for hydroxylation is 3. The predicted molar refractivity (Wildman–Crippen MR) is 115 cm³/mol. The van der Waals surface area contributed by atoms with Gasteiger partial charge in [-0.05, 0) is 32.9 Å². The van der Waals surface area contributed by atoms with Gasteiger partial charge in [0.05, 0.1) is 41.0 Å². The van der Waals surface area contributed by atoms with E-state index in [2.05, 4.69) is 20.6 Å². The van der Waals surface area contributed by atoms with Crippen LogP contribution >= 0.6 is 0 Å². The molecule has 0 aliphatic rings. The maximum Gasteiger partial charge on any atom is 0.311 e. The fourth-order valence-corrected chi connectivity index (χ4v) is 3.69. The lowest BCUT2D eigenvalue weighted by Gasteiger charge is -2.17. The lowest BCUT2D eigenvalue weighted by molar-refractivity contribution is -0.384. The topological polar surface area (TPSA) is 121 Å². The molecule has 0 amide bonds. The summed E-state index contributed by atoms with van der Waals surface area (Å²) in [6.45, 7) is 5.59. The normalized spacial score (nSPS) is 12.2. The van der Waals surface area contributed by atoms with E-state index in [0.717, 1.165) is 22.4 Å². The van der Waals surface area contributed by atoms with Crippen molar-refractivity contribution in [1.29, 1.82) is 0 Å². The van der Waals surface area contributed by atoms with E-state index in [-0.39, 0.29) is 11.7 Å². The van der Waals surface area contributed by atoms with Gasteiger partial charge in [0.1, 0.15) is 23.4 Å². The van der Waals surface area contributed by atoms with Crippen molar-refractivity contribution in [3.05, 3.63) is 57.9 Å². The molecule has 10 heteroatoms. The van der Waals surface area contributed by atoms with Gasteiger partial charge in [0.15, 0.2) is 0 Å². The highest BCUT2D eigenvalue weighted by Crippen LogP contribution is 2.41. The molecule has 0 bridgehead atoms. The molecule has 10 nitrogen and oxygen atoms in total. The quantitative estimate of drug-likeness (QED) is 0.360. The van der Waals surface area contributed by atoms with Crippen LogP contribution in [0.3, 0.4) is 0 Å². The Morgan fingerprint density at radius 2 is 2.06 bits per heavy atom. The summed E-state index contributed by atoms with van der Waals surface area (Å²) in [5.74, 6) is 1.20. The molecule has 1 atom stereocenters. The molecule has 0 aliphatic heterocycles. The molecule has 31 heavy (non-hydrogen) atoms. The molecular weight excluding hydrogens is 400 g/mol. The largest absolute Gasteiger partial charge is 0.496 e. The molecule has 0 saturated heterocycles. The minimum absolute atomic E-state index is 0.115. The van der Waals surface area contributed by atoms with Crippen LogP contribution in [0, 0.1) is 24.0 Å². The molecule has 160 valence electrons. The smallest absolute Gasteiger partial charge is 0.311 e. The number of ether oxygens (including phenoxy) is 1. The van der Waals surface area contributed by atoms with Crippen molar-refractivity contribution < 1.29 is 14.2 Å². The van der Waals surface area contributed by atoms with E-state index in [0.29, 0.717) is 28.1 Å². The van der Waals surface area contributed by atoms with E-state index in [1.807, 2.05) is 40.1 Å². The first-order chi connectivity index (χ1) is 14.8. The fraction of sp³-hybridized carbons (Fsp3) is 0.286. The summed E-state index contributed by atoms with van der Waals surface area (Å²) in [6, 6.07) is 3.38. The zero-order valence-electron chi connectivity index (χ0n) is 17.8. The number of nitrogens with one attached hydrogen (secondary N) is 1. The first kappa shape index (κ1) is 20.3. The van der Waals surface area contributed by atoms with Gasteiger partial charge in [-0.3, -0.25) is 14.8 Å². The summed E-state index contributed by atoms with van der Waals surface area (Å²) < 4.78 is 12.6. The first-order valence-corrected chi connectivity index (χ1v) is 9.63. The third-order valence-electron chi connectivity index (χ3n) is 5.25. The minimum atomic E-state index is -0.445. The molecule has 1 N–H and O–H groups in total. The second kappa shape index (κ2) is 7.71. The summed E-state index contributed by atoms with van der Waals surface area (Å²) in [5.41, 5.74) is 4.05. The zero-order valence-corrected chi connectivity index (χ0v) is 17.8. The van der Waals surface area contributed by atoms with E-state index >= 15 is 0 Å². The number of fused-ring (bicyclic) bond motifs is 1. The monoisotopic (exact) mass is 422 g/mol. The second-order valence-electron chi connectivity index (χ2n) is 7.36. The highest BCUT2D eigenvalue weighted by Gasteiger charge is 2.24. The van der Waals surface area contributed by atoms with Crippen LogP contribution < -0.4 is 10.1 Å². The Hall–Kier alpha value is -3.95. The van der Waals surface area contributed by atoms with Crippen molar-refractivity contribution in [1.82, 2.24) is 19.9 Å². The maximum atomic E-state index is 11.7. The maximum absolute atomic E-state index is 11.7. The fourth-order valence-electron chi connectivity index (χ4n) is 3.69. The molecule has 0 spiro atoms. The van der Waals surface area contributed by atoms with Crippen LogP contribution in [0.2, 0.25) is 0 Å². The van der Waals surface area contributed by atoms with E-state index in [9.17, 15) is 10.1 Å². The van der Waals surface area contributed by atoms with Crippen LogP contribution in [-0.4, -0.2) is 32.0 Å². The molecule has 0 aliphatic carbocycles. The lowest BCUT2D eigenvalue weighted by atomic mass is 9.99. The number of methoxy groups -OCH3 is 1. The standard InChI is InChI=1S/C21H22N6O4/c1-11(14-8-23-26(4)10-14)24-21-15-7-19(30-5)16(20-12(2)25-31-13(20)3)6-17(15)22-9-18(21)27(28)29/h6-11H,1-5H3,(H,22,24). The number of anilines is 1. The summed E-state index contributed by atoms with van der Waals surface area (Å²) in [4.78, 5) is 15.6. The van der Waals surface area contributed by atoms with Gasteiger partial charge >= 0.3 is 5.69 Å². The van der Waals surface area contributed by atoms with Gasteiger partial charge in [-0.15, -0.1) is 0 Å². The van der Waals surface area contributed by atoms with Crippen LogP contribution in [0.25, 0.3) is 22.0 Å². The third kappa shape index (κ3) is 3.56. The molecule has 3 aromatic heterocycles. The first-order valence-electron chi connectivity index (χ1n) is 9.63. The summed E-state index contributed by atoms with van der Waals surface area (Å²) in [6.07, 6.45) is 4.86. The zero-order chi connectivity index (χ0) is 22.3. The number of nitro groups is 1. The third-order valence-corrected chi connectivity index (χ3v) is 5.25. The Kier molecular flexibility index (Phi) is 5.05. The van der Waals surface area contributed by atoms with E-state index < -0.39 is 4.92 Å². The average molecular weight is 422 g/mol. The second-order valence-corrected chi connectivity index (χ2v) is 7.36. The van der Waals surface area contributed by atoms with Crippen LogP contribution in [0.1, 0.15) is 30.0 Å². The van der Waals surface area contributed by atoms with Crippen molar-refractivity contribution >= 4 is 22.3 Å². The van der Waals surface area contributed by atoms with Gasteiger partial charge in [0.25, 0.3) is 0 Å². The molecule has 1 aromatic carbocycles. The van der Waals surface area contributed by atoms with Crippen LogP contribution in [0.5, 0.6) is 5.75 Å². The molecular formula is C21H22N6O4. The summed E-state index contributed by atoms with van der Waals surface area (Å²) in [5, 5.41) is 23.8. The van der Waals surface area contributed by atoms with Gasteiger partial charge in [-0.25, -0.2) is 4.98 Å². The molecule has 4 aromatic rings. The SMILES string of the molecule is COc1cc2c(NC(C)c3cnn(C)c3)c([N+](=O)[O-])cnc2cc1-c1c(C)noc1C. The van der Waals surface area contributed by atoms with Gasteiger partial charge in [0, 0.05) is 29.8 Å². The molecule has 1 unspecified atom stereocenters. The number of rotatable bonds is 6. The number of hydrogen-bond acceptors (Lipinski definition) is 8. The van der Waals surface area contributed by atoms with Gasteiger partial charge < -0.3 is 14.6 Å². The number of aromatic nitrogens is 4. The summed E-state index contributed by atoms with van der Waals surface area (Å²) in [7, 11) is 3.38. The highest BCUT2D eigenvalue weighted by molar-refractivity contribution is 6.00.